The van der Waals surface area contributed by atoms with Gasteiger partial charge in [-0.05, 0) is 59.9 Å². The molecule has 7 nitrogen and oxygen atoms in total. The molecule has 0 spiro atoms. The first-order valence-corrected chi connectivity index (χ1v) is 13.7. The van der Waals surface area contributed by atoms with Crippen LogP contribution in [-0.4, -0.2) is 45.8 Å². The normalized spacial score (nSPS) is 17.6. The molecule has 0 amide bonds. The SMILES string of the molecule is O=C([O-])c1ccc2c(c1)C(SCCN1CCC(n3c(=O)[nH]c4ccccc43)CC1)c1ccccc1CO2.[Na+]. The van der Waals surface area contributed by atoms with Crippen molar-refractivity contribution in [3.63, 3.8) is 0 Å². The summed E-state index contributed by atoms with van der Waals surface area (Å²) in [4.78, 5) is 29.6. The van der Waals surface area contributed by atoms with Gasteiger partial charge in [0.1, 0.15) is 12.4 Å². The zero-order valence-corrected chi connectivity index (χ0v) is 24.2. The number of hydrogen-bond acceptors (Lipinski definition) is 6. The van der Waals surface area contributed by atoms with E-state index in [4.69, 9.17) is 4.74 Å². The van der Waals surface area contributed by atoms with Gasteiger partial charge in [-0.25, -0.2) is 4.79 Å². The molecule has 1 atom stereocenters. The van der Waals surface area contributed by atoms with Gasteiger partial charge >= 0.3 is 35.2 Å². The van der Waals surface area contributed by atoms with Crippen LogP contribution in [0.2, 0.25) is 0 Å². The first-order valence-electron chi connectivity index (χ1n) is 12.7. The number of rotatable bonds is 6. The topological polar surface area (TPSA) is 90.4 Å². The molecule has 1 saturated heterocycles. The number of benzene rings is 3. The number of carbonyl (C=O) groups is 1. The molecule has 0 aliphatic carbocycles. The average molecular weight is 538 g/mol. The molecule has 0 saturated carbocycles. The number of carboxylic acid groups (broad SMARTS) is 1. The van der Waals surface area contributed by atoms with E-state index in [-0.39, 0.29) is 52.1 Å². The zero-order chi connectivity index (χ0) is 25.4. The number of hydrogen-bond donors (Lipinski definition) is 1. The number of aromatic nitrogens is 2. The molecule has 38 heavy (non-hydrogen) atoms. The van der Waals surface area contributed by atoms with E-state index in [1.165, 1.54) is 5.56 Å². The molecule has 1 N–H and O–H groups in total. The number of fused-ring (bicyclic) bond motifs is 3. The van der Waals surface area contributed by atoms with Crippen LogP contribution in [0.15, 0.2) is 71.5 Å². The maximum atomic E-state index is 12.6. The van der Waals surface area contributed by atoms with Crippen molar-refractivity contribution in [2.75, 3.05) is 25.4 Å². The molecule has 3 aromatic carbocycles. The fraction of sp³-hybridized carbons (Fsp3) is 0.310. The first-order chi connectivity index (χ1) is 18.1. The van der Waals surface area contributed by atoms with Crippen molar-refractivity contribution in [3.8, 4) is 5.75 Å². The standard InChI is InChI=1S/C29H29N3O4S.Na/c33-28(34)19-9-10-26-23(17-19)27(22-6-2-1-5-20(22)18-36-26)37-16-15-31-13-11-21(12-14-31)32-25-8-4-3-7-24(25)30-29(32)35;/h1-10,17,21,27H,11-16,18H2,(H,30,35)(H,33,34);/q;+1/p-1. The second-order valence-electron chi connectivity index (χ2n) is 9.67. The monoisotopic (exact) mass is 537 g/mol. The Morgan fingerprint density at radius 2 is 1.79 bits per heavy atom. The molecule has 0 bridgehead atoms. The van der Waals surface area contributed by atoms with Gasteiger partial charge in [-0.15, -0.1) is 11.8 Å². The Morgan fingerprint density at radius 3 is 2.61 bits per heavy atom. The second kappa shape index (κ2) is 11.7. The molecule has 4 aromatic rings. The fourth-order valence-electron chi connectivity index (χ4n) is 5.57. The summed E-state index contributed by atoms with van der Waals surface area (Å²) in [5.74, 6) is 0.441. The molecule has 1 fully saturated rings. The number of ether oxygens (including phenoxy) is 1. The smallest absolute Gasteiger partial charge is 0.545 e. The third kappa shape index (κ3) is 5.33. The number of aromatic amines is 1. The van der Waals surface area contributed by atoms with E-state index < -0.39 is 5.97 Å². The summed E-state index contributed by atoms with van der Waals surface area (Å²) in [5, 5.41) is 11.5. The average Bonchev–Trinajstić information content (AvgIpc) is 3.17. The van der Waals surface area contributed by atoms with Crippen LogP contribution in [0, 0.1) is 0 Å². The predicted molar refractivity (Wildman–Crippen MR) is 143 cm³/mol. The Hall–Kier alpha value is -2.49. The largest absolute Gasteiger partial charge is 1.00 e. The summed E-state index contributed by atoms with van der Waals surface area (Å²) in [7, 11) is 0. The molecule has 1 aromatic heterocycles. The van der Waals surface area contributed by atoms with Gasteiger partial charge in [0.25, 0.3) is 0 Å². The first kappa shape index (κ1) is 27.1. The maximum absolute atomic E-state index is 12.6. The molecule has 2 aliphatic heterocycles. The Bertz CT molecular complexity index is 1510. The van der Waals surface area contributed by atoms with Crippen LogP contribution in [0.3, 0.4) is 0 Å². The van der Waals surface area contributed by atoms with Gasteiger partial charge in [0.15, 0.2) is 0 Å². The van der Waals surface area contributed by atoms with Crippen molar-refractivity contribution in [3.05, 3.63) is 99.5 Å². The molecule has 2 aliphatic rings. The van der Waals surface area contributed by atoms with E-state index in [2.05, 4.69) is 22.0 Å². The number of aromatic carboxylic acids is 1. The van der Waals surface area contributed by atoms with E-state index in [1.54, 1.807) is 18.2 Å². The number of carboxylic acids is 1. The number of thioether (sulfide) groups is 1. The number of piperidine rings is 1. The van der Waals surface area contributed by atoms with Crippen LogP contribution in [-0.2, 0) is 6.61 Å². The molecule has 0 radical (unpaired) electrons. The molecule has 3 heterocycles. The van der Waals surface area contributed by atoms with Crippen molar-refractivity contribution in [1.82, 2.24) is 14.5 Å². The molecular weight excluding hydrogens is 509 g/mol. The van der Waals surface area contributed by atoms with E-state index in [0.717, 1.165) is 66.1 Å². The summed E-state index contributed by atoms with van der Waals surface area (Å²) in [6, 6.07) is 21.3. The van der Waals surface area contributed by atoms with Crippen LogP contribution >= 0.6 is 11.8 Å². The number of carbonyl (C=O) groups excluding carboxylic acids is 1. The summed E-state index contributed by atoms with van der Waals surface area (Å²) in [6.45, 7) is 3.26. The van der Waals surface area contributed by atoms with Crippen LogP contribution in [0.4, 0.5) is 0 Å². The minimum Gasteiger partial charge on any atom is -0.545 e. The fourth-order valence-corrected chi connectivity index (χ4v) is 6.95. The molecule has 190 valence electrons. The summed E-state index contributed by atoms with van der Waals surface area (Å²) >= 11 is 1.82. The Labute approximate surface area is 247 Å². The second-order valence-corrected chi connectivity index (χ2v) is 10.9. The minimum atomic E-state index is -1.18. The van der Waals surface area contributed by atoms with Crippen molar-refractivity contribution >= 4 is 28.8 Å². The molecule has 6 rings (SSSR count). The Morgan fingerprint density at radius 1 is 1.03 bits per heavy atom. The summed E-state index contributed by atoms with van der Waals surface area (Å²) in [6.07, 6.45) is 1.87. The van der Waals surface area contributed by atoms with Crippen molar-refractivity contribution in [2.24, 2.45) is 0 Å². The van der Waals surface area contributed by atoms with Gasteiger partial charge in [0, 0.05) is 37.0 Å². The number of para-hydroxylation sites is 2. The van der Waals surface area contributed by atoms with Crippen LogP contribution in [0.1, 0.15) is 51.2 Å². The third-order valence-electron chi connectivity index (χ3n) is 7.49. The maximum Gasteiger partial charge on any atom is 1.00 e. The van der Waals surface area contributed by atoms with Crippen LogP contribution in [0.5, 0.6) is 5.75 Å². The van der Waals surface area contributed by atoms with Gasteiger partial charge in [0.2, 0.25) is 0 Å². The Balaban J connectivity index is 0.00000294. The van der Waals surface area contributed by atoms with Crippen molar-refractivity contribution in [1.29, 1.82) is 0 Å². The number of likely N-dealkylation sites (tertiary alicyclic amines) is 1. The van der Waals surface area contributed by atoms with Crippen LogP contribution in [0.25, 0.3) is 11.0 Å². The number of H-pyrrole nitrogens is 1. The predicted octanol–water partition coefficient (Wildman–Crippen LogP) is 0.749. The Kier molecular flexibility index (Phi) is 8.35. The van der Waals surface area contributed by atoms with Gasteiger partial charge in [-0.3, -0.25) is 4.57 Å². The van der Waals surface area contributed by atoms with E-state index in [9.17, 15) is 14.7 Å². The van der Waals surface area contributed by atoms with Gasteiger partial charge in [0.05, 0.1) is 22.3 Å². The van der Waals surface area contributed by atoms with Crippen molar-refractivity contribution < 1.29 is 44.2 Å². The number of nitrogens with zero attached hydrogens (tertiary/aromatic N) is 2. The quantitative estimate of drug-likeness (QED) is 0.365. The minimum absolute atomic E-state index is 0. The third-order valence-corrected chi connectivity index (χ3v) is 8.75. The van der Waals surface area contributed by atoms with E-state index >= 15 is 0 Å². The number of nitrogens with one attached hydrogen (secondary N) is 1. The van der Waals surface area contributed by atoms with E-state index in [1.807, 2.05) is 52.7 Å². The van der Waals surface area contributed by atoms with Crippen LogP contribution < -0.4 is 45.1 Å². The molecule has 1 unspecified atom stereocenters. The zero-order valence-electron chi connectivity index (χ0n) is 21.4. The van der Waals surface area contributed by atoms with E-state index in [0.29, 0.717) is 6.61 Å². The molecule has 9 heteroatoms. The van der Waals surface area contributed by atoms with Crippen molar-refractivity contribution in [2.45, 2.75) is 30.7 Å². The van der Waals surface area contributed by atoms with Gasteiger partial charge in [-0.1, -0.05) is 36.4 Å². The summed E-state index contributed by atoms with van der Waals surface area (Å²) < 4.78 is 7.98. The molecular formula is C29H28N3NaO4S. The van der Waals surface area contributed by atoms with Gasteiger partial charge in [-0.2, -0.15) is 0 Å². The van der Waals surface area contributed by atoms with Gasteiger partial charge < -0.3 is 24.5 Å². The number of imidazole rings is 1. The summed E-state index contributed by atoms with van der Waals surface area (Å²) in [5.41, 5.74) is 5.18.